The first-order chi connectivity index (χ1) is 10.7. The van der Waals surface area contributed by atoms with Crippen molar-refractivity contribution < 1.29 is 0 Å². The van der Waals surface area contributed by atoms with Crippen molar-refractivity contribution in [1.29, 1.82) is 0 Å². The van der Waals surface area contributed by atoms with Gasteiger partial charge in [-0.05, 0) is 42.2 Å². The Hall–Kier alpha value is -2.26. The second-order valence-electron chi connectivity index (χ2n) is 5.19. The highest BCUT2D eigenvalue weighted by atomic mass is 35.5. The number of anilines is 2. The predicted octanol–water partition coefficient (Wildman–Crippen LogP) is 5.25. The normalized spacial score (nSPS) is 10.8. The van der Waals surface area contributed by atoms with Gasteiger partial charge in [0.1, 0.15) is 0 Å². The summed E-state index contributed by atoms with van der Waals surface area (Å²) in [6.07, 6.45) is 3.72. The first-order valence-corrected chi connectivity index (χ1v) is 7.73. The van der Waals surface area contributed by atoms with Crippen LogP contribution in [0.4, 0.5) is 11.6 Å². The van der Waals surface area contributed by atoms with Gasteiger partial charge < -0.3 is 10.3 Å². The molecule has 4 heteroatoms. The molecule has 0 aliphatic carbocycles. The van der Waals surface area contributed by atoms with Crippen LogP contribution in [0, 0.1) is 0 Å². The van der Waals surface area contributed by atoms with Gasteiger partial charge >= 0.3 is 0 Å². The van der Waals surface area contributed by atoms with Gasteiger partial charge in [-0.15, -0.1) is 6.58 Å². The van der Waals surface area contributed by atoms with E-state index in [0.717, 1.165) is 29.6 Å². The summed E-state index contributed by atoms with van der Waals surface area (Å²) in [5, 5.41) is 3.92. The Balaban J connectivity index is 2.02. The Morgan fingerprint density at radius 1 is 1.32 bits per heavy atom. The van der Waals surface area contributed by atoms with Crippen LogP contribution in [-0.2, 0) is 12.8 Å². The zero-order chi connectivity index (χ0) is 15.5. The van der Waals surface area contributed by atoms with E-state index in [1.54, 1.807) is 0 Å². The molecule has 2 N–H and O–H groups in total. The number of rotatable bonds is 5. The molecule has 3 aromatic rings. The smallest absolute Gasteiger partial charge is 0.205 e. The number of H-pyrrole nitrogens is 1. The minimum absolute atomic E-state index is 0.672. The Morgan fingerprint density at radius 3 is 2.86 bits per heavy atom. The maximum Gasteiger partial charge on any atom is 0.205 e. The van der Waals surface area contributed by atoms with E-state index in [9.17, 15) is 0 Å². The van der Waals surface area contributed by atoms with Crippen molar-refractivity contribution >= 4 is 34.3 Å². The van der Waals surface area contributed by atoms with Crippen LogP contribution in [0.2, 0.25) is 5.02 Å². The molecule has 0 bridgehead atoms. The fraction of sp³-hybridized carbons (Fsp3) is 0.167. The number of aromatic nitrogens is 2. The second kappa shape index (κ2) is 6.24. The fourth-order valence-electron chi connectivity index (χ4n) is 2.56. The van der Waals surface area contributed by atoms with Crippen LogP contribution in [0.1, 0.15) is 18.1 Å². The SMILES string of the molecule is C=CCc1cc(CC)c2nc(Nc3ccccc3Cl)[nH]c2c1. The van der Waals surface area contributed by atoms with Crippen LogP contribution in [-0.4, -0.2) is 9.97 Å². The standard InChI is InChI=1S/C18H18ClN3/c1-3-7-12-10-13(4-2)17-16(11-12)21-18(22-17)20-15-9-6-5-8-14(15)19/h3,5-6,8-11H,1,4,7H2,2H3,(H2,20,21,22). The lowest BCUT2D eigenvalue weighted by Gasteiger charge is -2.03. The number of fused-ring (bicyclic) bond motifs is 1. The first-order valence-electron chi connectivity index (χ1n) is 7.35. The number of nitrogens with zero attached hydrogens (tertiary/aromatic N) is 1. The lowest BCUT2D eigenvalue weighted by Crippen LogP contribution is -1.92. The van der Waals surface area contributed by atoms with E-state index in [0.29, 0.717) is 11.0 Å². The second-order valence-corrected chi connectivity index (χ2v) is 5.59. The Kier molecular flexibility index (Phi) is 4.16. The molecule has 0 spiro atoms. The Labute approximate surface area is 135 Å². The van der Waals surface area contributed by atoms with Crippen molar-refractivity contribution in [3.05, 3.63) is 65.2 Å². The third-order valence-electron chi connectivity index (χ3n) is 3.61. The summed E-state index contributed by atoms with van der Waals surface area (Å²) in [6, 6.07) is 12.0. The van der Waals surface area contributed by atoms with Crippen LogP contribution < -0.4 is 5.32 Å². The molecular formula is C18H18ClN3. The van der Waals surface area contributed by atoms with Gasteiger partial charge in [0.05, 0.1) is 21.7 Å². The van der Waals surface area contributed by atoms with E-state index in [1.807, 2.05) is 30.3 Å². The van der Waals surface area contributed by atoms with Crippen LogP contribution in [0.3, 0.4) is 0 Å². The van der Waals surface area contributed by atoms with E-state index in [2.05, 4.69) is 40.9 Å². The summed E-state index contributed by atoms with van der Waals surface area (Å²) in [5.41, 5.74) is 5.35. The number of imidazole rings is 1. The molecule has 112 valence electrons. The number of aromatic amines is 1. The van der Waals surface area contributed by atoms with E-state index >= 15 is 0 Å². The number of halogens is 1. The average Bonchev–Trinajstić information content (AvgIpc) is 2.91. The number of aryl methyl sites for hydroxylation is 1. The molecule has 0 radical (unpaired) electrons. The van der Waals surface area contributed by atoms with Crippen LogP contribution >= 0.6 is 11.6 Å². The molecule has 2 aromatic carbocycles. The monoisotopic (exact) mass is 311 g/mol. The third-order valence-corrected chi connectivity index (χ3v) is 3.94. The maximum absolute atomic E-state index is 6.18. The van der Waals surface area contributed by atoms with Gasteiger partial charge in [-0.1, -0.05) is 42.8 Å². The summed E-state index contributed by atoms with van der Waals surface area (Å²) in [5.74, 6) is 0.702. The minimum atomic E-state index is 0.672. The van der Waals surface area contributed by atoms with Crippen LogP contribution in [0.25, 0.3) is 11.0 Å². The predicted molar refractivity (Wildman–Crippen MR) is 94.1 cm³/mol. The summed E-state index contributed by atoms with van der Waals surface area (Å²) in [6.45, 7) is 5.95. The van der Waals surface area contributed by atoms with Gasteiger partial charge in [-0.3, -0.25) is 0 Å². The molecular weight excluding hydrogens is 294 g/mol. The minimum Gasteiger partial charge on any atom is -0.324 e. The van der Waals surface area contributed by atoms with E-state index in [1.165, 1.54) is 11.1 Å². The van der Waals surface area contributed by atoms with E-state index in [-0.39, 0.29) is 0 Å². The maximum atomic E-state index is 6.18. The molecule has 0 saturated carbocycles. The largest absolute Gasteiger partial charge is 0.324 e. The summed E-state index contributed by atoms with van der Waals surface area (Å²) >= 11 is 6.18. The summed E-state index contributed by atoms with van der Waals surface area (Å²) < 4.78 is 0. The molecule has 3 nitrogen and oxygen atoms in total. The van der Waals surface area contributed by atoms with Crippen LogP contribution in [0.15, 0.2) is 49.1 Å². The summed E-state index contributed by atoms with van der Waals surface area (Å²) in [7, 11) is 0. The molecule has 0 fully saturated rings. The molecule has 3 rings (SSSR count). The number of hydrogen-bond donors (Lipinski definition) is 2. The zero-order valence-electron chi connectivity index (χ0n) is 12.5. The highest BCUT2D eigenvalue weighted by molar-refractivity contribution is 6.33. The molecule has 0 aliphatic rings. The Morgan fingerprint density at radius 2 is 2.14 bits per heavy atom. The van der Waals surface area contributed by atoms with Crippen molar-refractivity contribution in [2.24, 2.45) is 0 Å². The van der Waals surface area contributed by atoms with E-state index < -0.39 is 0 Å². The third kappa shape index (κ3) is 2.85. The van der Waals surface area contributed by atoms with Crippen molar-refractivity contribution in [2.45, 2.75) is 19.8 Å². The molecule has 0 saturated heterocycles. The topological polar surface area (TPSA) is 40.7 Å². The fourth-order valence-corrected chi connectivity index (χ4v) is 2.74. The van der Waals surface area contributed by atoms with Crippen molar-refractivity contribution in [3.8, 4) is 0 Å². The lowest BCUT2D eigenvalue weighted by atomic mass is 10.0. The highest BCUT2D eigenvalue weighted by Gasteiger charge is 2.09. The Bertz CT molecular complexity index is 820. The van der Waals surface area contributed by atoms with E-state index in [4.69, 9.17) is 11.6 Å². The highest BCUT2D eigenvalue weighted by Crippen LogP contribution is 2.27. The zero-order valence-corrected chi connectivity index (χ0v) is 13.2. The summed E-state index contributed by atoms with van der Waals surface area (Å²) in [4.78, 5) is 8.00. The number of para-hydroxylation sites is 1. The number of hydrogen-bond acceptors (Lipinski definition) is 2. The van der Waals surface area contributed by atoms with Gasteiger partial charge in [0.2, 0.25) is 5.95 Å². The molecule has 0 aliphatic heterocycles. The quantitative estimate of drug-likeness (QED) is 0.632. The van der Waals surface area contributed by atoms with Gasteiger partial charge in [0.15, 0.2) is 0 Å². The van der Waals surface area contributed by atoms with Crippen molar-refractivity contribution in [2.75, 3.05) is 5.32 Å². The number of nitrogens with one attached hydrogen (secondary N) is 2. The molecule has 0 unspecified atom stereocenters. The molecule has 1 heterocycles. The van der Waals surface area contributed by atoms with Crippen molar-refractivity contribution in [1.82, 2.24) is 9.97 Å². The molecule has 1 aromatic heterocycles. The van der Waals surface area contributed by atoms with Gasteiger partial charge in [0, 0.05) is 0 Å². The molecule has 0 atom stereocenters. The first kappa shape index (κ1) is 14.7. The van der Waals surface area contributed by atoms with Crippen LogP contribution in [0.5, 0.6) is 0 Å². The lowest BCUT2D eigenvalue weighted by molar-refractivity contribution is 1.13. The molecule has 0 amide bonds. The van der Waals surface area contributed by atoms with Gasteiger partial charge in [0.25, 0.3) is 0 Å². The van der Waals surface area contributed by atoms with Crippen molar-refractivity contribution in [3.63, 3.8) is 0 Å². The molecule has 22 heavy (non-hydrogen) atoms. The van der Waals surface area contributed by atoms with Gasteiger partial charge in [-0.2, -0.15) is 0 Å². The number of allylic oxidation sites excluding steroid dienone is 1. The number of benzene rings is 2. The average molecular weight is 312 g/mol. The van der Waals surface area contributed by atoms with Gasteiger partial charge in [-0.25, -0.2) is 4.98 Å².